The topological polar surface area (TPSA) is 34.9 Å². The summed E-state index contributed by atoms with van der Waals surface area (Å²) < 4.78 is 38.2. The summed E-state index contributed by atoms with van der Waals surface area (Å²) in [6, 6.07) is 0. The van der Waals surface area contributed by atoms with Crippen LogP contribution in [0.2, 0.25) is 0 Å². The van der Waals surface area contributed by atoms with Crippen molar-refractivity contribution in [2.45, 2.75) is 26.1 Å². The summed E-state index contributed by atoms with van der Waals surface area (Å²) in [5.41, 5.74) is -1.04. The molecule has 1 aromatic rings. The van der Waals surface area contributed by atoms with Gasteiger partial charge < -0.3 is 4.79 Å². The molecule has 1 heterocycles. The molecule has 0 saturated heterocycles. The fourth-order valence-corrected chi connectivity index (χ4v) is 1.10. The van der Waals surface area contributed by atoms with E-state index in [0.29, 0.717) is 12.8 Å². The van der Waals surface area contributed by atoms with Crippen molar-refractivity contribution < 1.29 is 18.0 Å². The quantitative estimate of drug-likeness (QED) is 0.705. The van der Waals surface area contributed by atoms with Crippen LogP contribution in [0.5, 0.6) is 0 Å². The molecule has 0 unspecified atom stereocenters. The Balaban J connectivity index is 3.12. The Morgan fingerprint density at radius 3 is 2.64 bits per heavy atom. The largest absolute Gasteiger partial charge is 0.435 e. The summed E-state index contributed by atoms with van der Waals surface area (Å²) in [7, 11) is 0. The van der Waals surface area contributed by atoms with Gasteiger partial charge in [-0.15, -0.1) is 0 Å². The number of rotatable bonds is 3. The molecule has 0 aliphatic rings. The predicted molar refractivity (Wildman–Crippen MR) is 42.7 cm³/mol. The molecule has 0 aliphatic heterocycles. The summed E-state index contributed by atoms with van der Waals surface area (Å²) in [6.07, 6.45) is -3.06. The van der Waals surface area contributed by atoms with Gasteiger partial charge in [-0.25, -0.2) is 0 Å². The van der Waals surface area contributed by atoms with Crippen LogP contribution in [-0.2, 0) is 23.9 Å². The van der Waals surface area contributed by atoms with E-state index in [1.165, 1.54) is 10.9 Å². The van der Waals surface area contributed by atoms with E-state index in [1.807, 2.05) is 0 Å². The van der Waals surface area contributed by atoms with Gasteiger partial charge in [0, 0.05) is 24.7 Å². The highest BCUT2D eigenvalue weighted by Crippen LogP contribution is 2.30. The molecule has 14 heavy (non-hydrogen) atoms. The minimum Gasteiger partial charge on any atom is -0.303 e. The van der Waals surface area contributed by atoms with Crippen molar-refractivity contribution >= 4 is 6.29 Å². The molecule has 0 amide bonds. The van der Waals surface area contributed by atoms with E-state index in [9.17, 15) is 18.0 Å². The Hall–Kier alpha value is -1.33. The van der Waals surface area contributed by atoms with Crippen LogP contribution in [0.1, 0.15) is 18.2 Å². The van der Waals surface area contributed by atoms with Crippen LogP contribution in [0.25, 0.3) is 0 Å². The Bertz CT molecular complexity index is 330. The van der Waals surface area contributed by atoms with Gasteiger partial charge in [-0.1, -0.05) is 0 Å². The van der Waals surface area contributed by atoms with Gasteiger partial charge >= 0.3 is 6.18 Å². The van der Waals surface area contributed by atoms with E-state index >= 15 is 0 Å². The molecule has 0 N–H and O–H groups in total. The number of hydrogen-bond donors (Lipinski definition) is 0. The highest BCUT2D eigenvalue weighted by Gasteiger charge is 2.36. The predicted octanol–water partition coefficient (Wildman–Crippen LogP) is 1.66. The molecule has 1 rings (SSSR count). The number of hydrogen-bond acceptors (Lipinski definition) is 2. The van der Waals surface area contributed by atoms with Crippen LogP contribution in [0.3, 0.4) is 0 Å². The molecule has 78 valence electrons. The maximum absolute atomic E-state index is 12.3. The van der Waals surface area contributed by atoms with Crippen molar-refractivity contribution in [1.82, 2.24) is 9.78 Å². The van der Waals surface area contributed by atoms with Gasteiger partial charge in [0.1, 0.15) is 6.29 Å². The molecule has 0 saturated carbocycles. The van der Waals surface area contributed by atoms with Gasteiger partial charge in [-0.05, 0) is 6.92 Å². The summed E-state index contributed by atoms with van der Waals surface area (Å²) >= 11 is 0. The number of alkyl halides is 3. The summed E-state index contributed by atoms with van der Waals surface area (Å²) in [5, 5.41) is 3.35. The number of nitrogens with zero attached hydrogens (tertiary/aromatic N) is 2. The second-order valence-electron chi connectivity index (χ2n) is 2.73. The number of aromatic nitrogens is 2. The molecule has 0 aliphatic carbocycles. The minimum absolute atomic E-state index is 0.0747. The lowest BCUT2D eigenvalue weighted by molar-refractivity contribution is -0.142. The fourth-order valence-electron chi connectivity index (χ4n) is 1.10. The Kier molecular flexibility index (Phi) is 2.93. The van der Waals surface area contributed by atoms with Gasteiger partial charge in [0.25, 0.3) is 0 Å². The maximum atomic E-state index is 12.3. The molecule has 0 fully saturated rings. The summed E-state index contributed by atoms with van der Waals surface area (Å²) in [4.78, 5) is 10.1. The fraction of sp³-hybridized carbons (Fsp3) is 0.500. The van der Waals surface area contributed by atoms with E-state index in [1.54, 1.807) is 6.92 Å². The standard InChI is InChI=1S/C8H9F3N2O/c1-2-13-5-6(3-4-14)7(12-13)8(9,10)11/h4-5H,2-3H2,1H3. The van der Waals surface area contributed by atoms with Crippen molar-refractivity contribution in [1.29, 1.82) is 0 Å². The SMILES string of the molecule is CCn1cc(CC=O)c(C(F)(F)F)n1. The Labute approximate surface area is 78.5 Å². The highest BCUT2D eigenvalue weighted by atomic mass is 19.4. The first-order chi connectivity index (χ1) is 6.49. The van der Waals surface area contributed by atoms with E-state index < -0.39 is 11.9 Å². The van der Waals surface area contributed by atoms with E-state index in [4.69, 9.17) is 0 Å². The van der Waals surface area contributed by atoms with Crippen LogP contribution in [0, 0.1) is 0 Å². The monoisotopic (exact) mass is 206 g/mol. The summed E-state index contributed by atoms with van der Waals surface area (Å²) in [6.45, 7) is 2.03. The van der Waals surface area contributed by atoms with Gasteiger partial charge in [0.2, 0.25) is 0 Å². The van der Waals surface area contributed by atoms with Gasteiger partial charge in [-0.2, -0.15) is 18.3 Å². The van der Waals surface area contributed by atoms with Crippen molar-refractivity contribution in [2.75, 3.05) is 0 Å². The van der Waals surface area contributed by atoms with Crippen molar-refractivity contribution in [2.24, 2.45) is 0 Å². The smallest absolute Gasteiger partial charge is 0.303 e. The van der Waals surface area contributed by atoms with Crippen LogP contribution in [0.15, 0.2) is 6.20 Å². The Morgan fingerprint density at radius 2 is 2.21 bits per heavy atom. The maximum Gasteiger partial charge on any atom is 0.435 e. The third-order valence-electron chi connectivity index (χ3n) is 1.73. The summed E-state index contributed by atoms with van der Waals surface area (Å²) in [5.74, 6) is 0. The van der Waals surface area contributed by atoms with E-state index in [0.717, 1.165) is 0 Å². The lowest BCUT2D eigenvalue weighted by Gasteiger charge is -2.03. The third-order valence-corrected chi connectivity index (χ3v) is 1.73. The van der Waals surface area contributed by atoms with E-state index in [2.05, 4.69) is 5.10 Å². The average Bonchev–Trinajstić information content (AvgIpc) is 2.48. The number of carbonyl (C=O) groups excluding carboxylic acids is 1. The second kappa shape index (κ2) is 3.81. The molecule has 0 radical (unpaired) electrons. The first-order valence-corrected chi connectivity index (χ1v) is 4.06. The zero-order valence-electron chi connectivity index (χ0n) is 7.51. The van der Waals surface area contributed by atoms with Crippen molar-refractivity contribution in [3.8, 4) is 0 Å². The number of aldehydes is 1. The van der Waals surface area contributed by atoms with Crippen molar-refractivity contribution in [3.05, 3.63) is 17.5 Å². The van der Waals surface area contributed by atoms with Crippen LogP contribution in [-0.4, -0.2) is 16.1 Å². The van der Waals surface area contributed by atoms with Gasteiger partial charge in [0.15, 0.2) is 5.69 Å². The second-order valence-corrected chi connectivity index (χ2v) is 2.73. The van der Waals surface area contributed by atoms with Crippen LogP contribution in [0.4, 0.5) is 13.2 Å². The molecular weight excluding hydrogens is 197 g/mol. The average molecular weight is 206 g/mol. The molecule has 6 heteroatoms. The first kappa shape index (κ1) is 10.7. The third kappa shape index (κ3) is 2.12. The lowest BCUT2D eigenvalue weighted by atomic mass is 10.2. The molecule has 0 atom stereocenters. The zero-order chi connectivity index (χ0) is 10.8. The molecule has 1 aromatic heterocycles. The lowest BCUT2D eigenvalue weighted by Crippen LogP contribution is -2.10. The van der Waals surface area contributed by atoms with Crippen LogP contribution >= 0.6 is 0 Å². The number of carbonyl (C=O) groups is 1. The van der Waals surface area contributed by atoms with Gasteiger partial charge in [0.05, 0.1) is 0 Å². The zero-order valence-corrected chi connectivity index (χ0v) is 7.51. The highest BCUT2D eigenvalue weighted by molar-refractivity contribution is 5.55. The number of aryl methyl sites for hydroxylation is 1. The molecule has 0 spiro atoms. The normalized spacial score (nSPS) is 11.7. The minimum atomic E-state index is -4.49. The molecule has 3 nitrogen and oxygen atoms in total. The van der Waals surface area contributed by atoms with Crippen LogP contribution < -0.4 is 0 Å². The van der Waals surface area contributed by atoms with Crippen molar-refractivity contribution in [3.63, 3.8) is 0 Å². The Morgan fingerprint density at radius 1 is 1.57 bits per heavy atom. The van der Waals surface area contributed by atoms with E-state index in [-0.39, 0.29) is 12.0 Å². The molecule has 0 aromatic carbocycles. The first-order valence-electron chi connectivity index (χ1n) is 4.06. The number of halogens is 3. The molecular formula is C8H9F3N2O. The molecule has 0 bridgehead atoms. The van der Waals surface area contributed by atoms with Gasteiger partial charge in [-0.3, -0.25) is 4.68 Å².